The van der Waals surface area contributed by atoms with Crippen molar-refractivity contribution >= 4 is 61.5 Å². The molecule has 0 spiro atoms. The standard InChI is InChI=1S/C16H16N4O2S.C5H4OS/c1-18-15-13(14(17)21)20-16(23-15)19-11-5-3-9-4-6-12(22-2)8-10(9)7-11;6-3-5-1-2-7-4-5/h3-8,18H,1-2H3,(H2,17,21)(H,19,20);1-4H. The molecule has 0 aliphatic rings. The Bertz CT molecular complexity index is 1160. The van der Waals surface area contributed by atoms with Gasteiger partial charge in [-0.25, -0.2) is 4.98 Å². The lowest BCUT2D eigenvalue weighted by atomic mass is 10.1. The second-order valence-electron chi connectivity index (χ2n) is 6.04. The number of aldehydes is 1. The summed E-state index contributed by atoms with van der Waals surface area (Å²) in [6.07, 6.45) is 0.844. The number of primary amides is 1. The number of ether oxygens (including phenoxy) is 1. The van der Waals surface area contributed by atoms with Gasteiger partial charge < -0.3 is 21.1 Å². The number of anilines is 3. The second kappa shape index (κ2) is 9.86. The largest absolute Gasteiger partial charge is 0.497 e. The molecule has 0 saturated heterocycles. The third kappa shape index (κ3) is 5.13. The minimum absolute atomic E-state index is 0.238. The van der Waals surface area contributed by atoms with Gasteiger partial charge in [-0.05, 0) is 46.5 Å². The minimum atomic E-state index is -0.554. The number of nitrogens with zero attached hydrogens (tertiary/aromatic N) is 1. The third-order valence-electron chi connectivity index (χ3n) is 4.07. The Labute approximate surface area is 181 Å². The van der Waals surface area contributed by atoms with Crippen molar-refractivity contribution in [3.63, 3.8) is 0 Å². The normalized spacial score (nSPS) is 10.1. The zero-order valence-corrected chi connectivity index (χ0v) is 18.0. The number of amides is 1. The molecule has 0 unspecified atom stereocenters. The number of nitrogens with two attached hydrogens (primary N) is 1. The van der Waals surface area contributed by atoms with Crippen LogP contribution < -0.4 is 21.1 Å². The summed E-state index contributed by atoms with van der Waals surface area (Å²) >= 11 is 2.87. The zero-order chi connectivity index (χ0) is 21.5. The topological polar surface area (TPSA) is 106 Å². The molecule has 2 heterocycles. The molecule has 0 aliphatic carbocycles. The average molecular weight is 441 g/mol. The average Bonchev–Trinajstić information content (AvgIpc) is 3.43. The molecule has 4 aromatic rings. The van der Waals surface area contributed by atoms with Crippen molar-refractivity contribution in [1.82, 2.24) is 4.98 Å². The van der Waals surface area contributed by atoms with E-state index in [0.717, 1.165) is 34.1 Å². The lowest BCUT2D eigenvalue weighted by Gasteiger charge is -2.06. The van der Waals surface area contributed by atoms with Gasteiger partial charge in [0.1, 0.15) is 10.8 Å². The molecule has 4 rings (SSSR count). The van der Waals surface area contributed by atoms with Crippen LogP contribution in [0.4, 0.5) is 15.8 Å². The van der Waals surface area contributed by atoms with Crippen LogP contribution in [0.25, 0.3) is 10.8 Å². The molecule has 0 fully saturated rings. The zero-order valence-electron chi connectivity index (χ0n) is 16.3. The van der Waals surface area contributed by atoms with Crippen molar-refractivity contribution in [2.75, 3.05) is 24.8 Å². The minimum Gasteiger partial charge on any atom is -0.497 e. The van der Waals surface area contributed by atoms with Gasteiger partial charge in [-0.3, -0.25) is 9.59 Å². The van der Waals surface area contributed by atoms with Crippen LogP contribution >= 0.6 is 22.7 Å². The molecule has 154 valence electrons. The van der Waals surface area contributed by atoms with Gasteiger partial charge in [0, 0.05) is 23.7 Å². The molecule has 4 N–H and O–H groups in total. The lowest BCUT2D eigenvalue weighted by molar-refractivity contribution is 0.0996. The van der Waals surface area contributed by atoms with Gasteiger partial charge in [0.15, 0.2) is 17.1 Å². The maximum atomic E-state index is 11.4. The molecule has 0 radical (unpaired) electrons. The molecule has 0 aliphatic heterocycles. The summed E-state index contributed by atoms with van der Waals surface area (Å²) < 4.78 is 5.25. The Morgan fingerprint density at radius 1 is 1.17 bits per heavy atom. The van der Waals surface area contributed by atoms with E-state index >= 15 is 0 Å². The molecule has 1 amide bonds. The number of carbonyl (C=O) groups excluding carboxylic acids is 2. The second-order valence-corrected chi connectivity index (χ2v) is 7.82. The van der Waals surface area contributed by atoms with E-state index in [0.29, 0.717) is 10.1 Å². The van der Waals surface area contributed by atoms with E-state index in [1.807, 2.05) is 47.2 Å². The Hall–Kier alpha value is -3.43. The summed E-state index contributed by atoms with van der Waals surface area (Å²) in [4.78, 5) is 25.5. The van der Waals surface area contributed by atoms with Gasteiger partial charge in [0.2, 0.25) is 0 Å². The van der Waals surface area contributed by atoms with Gasteiger partial charge in [-0.2, -0.15) is 11.3 Å². The van der Waals surface area contributed by atoms with Gasteiger partial charge in [0.25, 0.3) is 5.91 Å². The van der Waals surface area contributed by atoms with Crippen molar-refractivity contribution < 1.29 is 14.3 Å². The number of hydrogen-bond donors (Lipinski definition) is 3. The summed E-state index contributed by atoms with van der Waals surface area (Å²) in [5.41, 5.74) is 7.21. The number of thiophene rings is 1. The van der Waals surface area contributed by atoms with Gasteiger partial charge >= 0.3 is 0 Å². The van der Waals surface area contributed by atoms with E-state index in [-0.39, 0.29) is 5.69 Å². The van der Waals surface area contributed by atoms with E-state index in [9.17, 15) is 9.59 Å². The fraction of sp³-hybridized carbons (Fsp3) is 0.0952. The monoisotopic (exact) mass is 440 g/mol. The van der Waals surface area contributed by atoms with E-state index in [4.69, 9.17) is 10.5 Å². The van der Waals surface area contributed by atoms with Crippen LogP contribution in [-0.2, 0) is 0 Å². The summed E-state index contributed by atoms with van der Waals surface area (Å²) in [6.45, 7) is 0. The summed E-state index contributed by atoms with van der Waals surface area (Å²) in [6, 6.07) is 13.7. The van der Waals surface area contributed by atoms with Crippen LogP contribution in [0.1, 0.15) is 20.8 Å². The van der Waals surface area contributed by atoms with E-state index in [2.05, 4.69) is 15.6 Å². The number of methoxy groups -OCH3 is 1. The predicted molar refractivity (Wildman–Crippen MR) is 124 cm³/mol. The quantitative estimate of drug-likeness (QED) is 0.374. The van der Waals surface area contributed by atoms with Crippen LogP contribution in [-0.4, -0.2) is 31.3 Å². The summed E-state index contributed by atoms with van der Waals surface area (Å²) in [5, 5.41) is 13.2. The van der Waals surface area contributed by atoms with Crippen LogP contribution in [0, 0.1) is 0 Å². The maximum absolute atomic E-state index is 11.4. The molecular weight excluding hydrogens is 420 g/mol. The molecule has 30 heavy (non-hydrogen) atoms. The lowest BCUT2D eigenvalue weighted by Crippen LogP contribution is -2.13. The molecule has 0 saturated carbocycles. The first-order valence-electron chi connectivity index (χ1n) is 8.84. The highest BCUT2D eigenvalue weighted by molar-refractivity contribution is 7.19. The fourth-order valence-corrected chi connectivity index (χ4v) is 4.05. The van der Waals surface area contributed by atoms with Crippen LogP contribution in [0.2, 0.25) is 0 Å². The summed E-state index contributed by atoms with van der Waals surface area (Å²) in [5.74, 6) is 0.249. The molecule has 7 nitrogen and oxygen atoms in total. The highest BCUT2D eigenvalue weighted by Gasteiger charge is 2.15. The van der Waals surface area contributed by atoms with Crippen LogP contribution in [0.15, 0.2) is 53.2 Å². The fourth-order valence-electron chi connectivity index (χ4n) is 2.61. The van der Waals surface area contributed by atoms with Gasteiger partial charge in [-0.1, -0.05) is 23.5 Å². The number of fused-ring (bicyclic) bond motifs is 1. The number of aromatic nitrogens is 1. The Morgan fingerprint density at radius 2 is 1.97 bits per heavy atom. The van der Waals surface area contributed by atoms with Crippen molar-refractivity contribution in [2.24, 2.45) is 5.73 Å². The SMILES string of the molecule is CNc1sc(Nc2ccc3ccc(OC)cc3c2)nc1C(N)=O.O=Cc1ccsc1. The maximum Gasteiger partial charge on any atom is 0.270 e. The third-order valence-corrected chi connectivity index (χ3v) is 5.76. The number of rotatable bonds is 6. The first-order chi connectivity index (χ1) is 14.5. The molecule has 9 heteroatoms. The molecule has 0 atom stereocenters. The van der Waals surface area contributed by atoms with Crippen LogP contribution in [0.5, 0.6) is 5.75 Å². The highest BCUT2D eigenvalue weighted by Crippen LogP contribution is 2.31. The van der Waals surface area contributed by atoms with E-state index in [1.54, 1.807) is 20.2 Å². The molecule has 2 aromatic heterocycles. The predicted octanol–water partition coefficient (Wildman–Crippen LogP) is 4.75. The molecule has 2 aromatic carbocycles. The van der Waals surface area contributed by atoms with Gasteiger partial charge in [0.05, 0.1) is 7.11 Å². The van der Waals surface area contributed by atoms with Crippen LogP contribution in [0.3, 0.4) is 0 Å². The number of nitrogens with one attached hydrogen (secondary N) is 2. The summed E-state index contributed by atoms with van der Waals surface area (Å²) in [7, 11) is 3.37. The first kappa shape index (κ1) is 21.3. The number of thiazole rings is 1. The Kier molecular flexibility index (Phi) is 6.99. The van der Waals surface area contributed by atoms with Gasteiger partial charge in [-0.15, -0.1) is 0 Å². The first-order valence-corrected chi connectivity index (χ1v) is 10.6. The van der Waals surface area contributed by atoms with Crippen molar-refractivity contribution in [1.29, 1.82) is 0 Å². The van der Waals surface area contributed by atoms with E-state index in [1.165, 1.54) is 22.7 Å². The smallest absolute Gasteiger partial charge is 0.270 e. The highest BCUT2D eigenvalue weighted by atomic mass is 32.1. The van der Waals surface area contributed by atoms with E-state index < -0.39 is 5.91 Å². The number of carbonyl (C=O) groups is 2. The number of hydrogen-bond acceptors (Lipinski definition) is 8. The van der Waals surface area contributed by atoms with Crippen molar-refractivity contribution in [2.45, 2.75) is 0 Å². The number of benzene rings is 2. The molecular formula is C21H20N4O3S2. The Morgan fingerprint density at radius 3 is 2.53 bits per heavy atom. The molecule has 0 bridgehead atoms. The van der Waals surface area contributed by atoms with Crippen molar-refractivity contribution in [3.05, 3.63) is 64.5 Å². The Balaban J connectivity index is 0.000000310. The van der Waals surface area contributed by atoms with Crippen molar-refractivity contribution in [3.8, 4) is 5.75 Å².